The Labute approximate surface area is 185 Å². The van der Waals surface area contributed by atoms with Crippen LogP contribution in [0.25, 0.3) is 0 Å². The van der Waals surface area contributed by atoms with Crippen molar-refractivity contribution in [2.45, 2.75) is 109 Å². The van der Waals surface area contributed by atoms with Crippen molar-refractivity contribution in [1.29, 1.82) is 0 Å². The number of carbonyl (C=O) groups excluding carboxylic acids is 2. The van der Waals surface area contributed by atoms with Gasteiger partial charge >= 0.3 is 5.97 Å². The van der Waals surface area contributed by atoms with Gasteiger partial charge in [0.25, 0.3) is 5.60 Å². The summed E-state index contributed by atoms with van der Waals surface area (Å²) in [5.41, 5.74) is -2.41. The van der Waals surface area contributed by atoms with Gasteiger partial charge in [-0.2, -0.15) is 0 Å². The number of hydrogen-bond donors (Lipinski definition) is 4. The van der Waals surface area contributed by atoms with Gasteiger partial charge in [-0.1, -0.05) is 70.4 Å². The third-order valence-electron chi connectivity index (χ3n) is 5.75. The molecular formula is C24H40O7. The summed E-state index contributed by atoms with van der Waals surface area (Å²) in [5.74, 6) is -4.16. The van der Waals surface area contributed by atoms with E-state index in [9.17, 15) is 30.0 Å². The molecule has 1 rings (SSSR count). The molecule has 0 aliphatic carbocycles. The molecule has 0 bridgehead atoms. The zero-order valence-electron chi connectivity index (χ0n) is 18.9. The molecule has 0 aromatic heterocycles. The zero-order valence-corrected chi connectivity index (χ0v) is 18.9. The topological polar surface area (TPSA) is 124 Å². The van der Waals surface area contributed by atoms with E-state index in [-0.39, 0.29) is 6.42 Å². The molecule has 1 heterocycles. The van der Waals surface area contributed by atoms with Crippen LogP contribution >= 0.6 is 0 Å². The number of hydrogen-bond acceptors (Lipinski definition) is 7. The lowest BCUT2D eigenvalue weighted by molar-refractivity contribution is -0.173. The number of rotatable bonds is 18. The van der Waals surface area contributed by atoms with Gasteiger partial charge in [-0.05, 0) is 32.1 Å². The Morgan fingerprint density at radius 2 is 1.45 bits per heavy atom. The van der Waals surface area contributed by atoms with Crippen molar-refractivity contribution in [3.63, 3.8) is 0 Å². The van der Waals surface area contributed by atoms with Crippen LogP contribution in [0.1, 0.15) is 96.8 Å². The van der Waals surface area contributed by atoms with Crippen LogP contribution in [0.4, 0.5) is 0 Å². The van der Waals surface area contributed by atoms with Crippen LogP contribution in [0.5, 0.6) is 0 Å². The number of allylic oxidation sites excluding steroid dienone is 2. The van der Waals surface area contributed by atoms with Gasteiger partial charge in [-0.15, -0.1) is 0 Å². The van der Waals surface area contributed by atoms with E-state index in [1.807, 2.05) is 0 Å². The highest BCUT2D eigenvalue weighted by atomic mass is 16.6. The van der Waals surface area contributed by atoms with Gasteiger partial charge in [-0.3, -0.25) is 4.79 Å². The van der Waals surface area contributed by atoms with Crippen molar-refractivity contribution in [2.75, 3.05) is 6.61 Å². The van der Waals surface area contributed by atoms with Crippen molar-refractivity contribution in [1.82, 2.24) is 0 Å². The summed E-state index contributed by atoms with van der Waals surface area (Å²) in [6.07, 6.45) is 17.1. The van der Waals surface area contributed by atoms with Gasteiger partial charge in [0.05, 0.1) is 6.61 Å². The molecule has 0 radical (unpaired) electrons. The summed E-state index contributed by atoms with van der Waals surface area (Å²) >= 11 is 0. The SMILES string of the molecule is CCCCCCCC/C=C\CCCCCCCC(=O)[C@]1([C@@H](O)CO)OC(=O)C(O)=C1O. The number of cyclic esters (lactones) is 1. The highest BCUT2D eigenvalue weighted by Crippen LogP contribution is 2.35. The van der Waals surface area contributed by atoms with Crippen molar-refractivity contribution in [3.8, 4) is 0 Å². The first-order valence-electron chi connectivity index (χ1n) is 11.7. The quantitative estimate of drug-likeness (QED) is 0.140. The van der Waals surface area contributed by atoms with Crippen molar-refractivity contribution in [2.24, 2.45) is 0 Å². The fourth-order valence-electron chi connectivity index (χ4n) is 3.79. The van der Waals surface area contributed by atoms with Gasteiger partial charge in [-0.25, -0.2) is 4.79 Å². The summed E-state index contributed by atoms with van der Waals surface area (Å²) < 4.78 is 4.78. The van der Waals surface area contributed by atoms with E-state index in [4.69, 9.17) is 4.74 Å². The number of aliphatic hydroxyl groups excluding tert-OH is 4. The Hall–Kier alpha value is -1.86. The lowest BCUT2D eigenvalue weighted by Gasteiger charge is -2.29. The van der Waals surface area contributed by atoms with Crippen LogP contribution in [-0.2, 0) is 14.3 Å². The molecule has 4 N–H and O–H groups in total. The van der Waals surface area contributed by atoms with E-state index in [0.29, 0.717) is 6.42 Å². The minimum Gasteiger partial charge on any atom is -0.505 e. The van der Waals surface area contributed by atoms with Crippen LogP contribution in [0.3, 0.4) is 0 Å². The molecule has 178 valence electrons. The first-order valence-corrected chi connectivity index (χ1v) is 11.7. The number of Topliss-reactive ketones (excluding diaryl/α,β-unsaturated/α-hetero) is 1. The maximum absolute atomic E-state index is 12.5. The average molecular weight is 441 g/mol. The molecule has 0 aromatic rings. The predicted octanol–water partition coefficient (Wildman–Crippen LogP) is 4.57. The van der Waals surface area contributed by atoms with E-state index in [1.165, 1.54) is 38.5 Å². The number of esters is 1. The molecule has 0 fully saturated rings. The molecule has 31 heavy (non-hydrogen) atoms. The molecule has 0 saturated carbocycles. The van der Waals surface area contributed by atoms with E-state index in [2.05, 4.69) is 19.1 Å². The zero-order chi connectivity index (χ0) is 23.1. The molecule has 0 amide bonds. The minimum absolute atomic E-state index is 0.0418. The van der Waals surface area contributed by atoms with Crippen LogP contribution in [0.15, 0.2) is 23.7 Å². The monoisotopic (exact) mass is 440 g/mol. The van der Waals surface area contributed by atoms with E-state index in [1.54, 1.807) is 0 Å². The summed E-state index contributed by atoms with van der Waals surface area (Å²) in [4.78, 5) is 24.0. The van der Waals surface area contributed by atoms with Gasteiger partial charge in [0.1, 0.15) is 6.10 Å². The predicted molar refractivity (Wildman–Crippen MR) is 119 cm³/mol. The number of ether oxygens (including phenoxy) is 1. The Bertz CT molecular complexity index is 611. The highest BCUT2D eigenvalue weighted by Gasteiger charge is 2.58. The summed E-state index contributed by atoms with van der Waals surface area (Å²) in [6.45, 7) is 1.33. The van der Waals surface area contributed by atoms with E-state index in [0.717, 1.165) is 38.5 Å². The summed E-state index contributed by atoms with van der Waals surface area (Å²) in [6, 6.07) is 0. The second-order valence-electron chi connectivity index (χ2n) is 8.28. The Kier molecular flexibility index (Phi) is 13.2. The number of ketones is 1. The van der Waals surface area contributed by atoms with Gasteiger partial charge in [0.15, 0.2) is 11.5 Å². The molecule has 2 atom stereocenters. The number of aliphatic hydroxyl groups is 4. The Balaban J connectivity index is 2.18. The first kappa shape index (κ1) is 27.2. The van der Waals surface area contributed by atoms with Crippen LogP contribution in [0, 0.1) is 0 Å². The minimum atomic E-state index is -2.41. The second kappa shape index (κ2) is 15.0. The Morgan fingerprint density at radius 1 is 0.935 bits per heavy atom. The van der Waals surface area contributed by atoms with E-state index < -0.39 is 41.6 Å². The first-order chi connectivity index (χ1) is 14.9. The largest absolute Gasteiger partial charge is 0.505 e. The normalized spacial score (nSPS) is 19.9. The molecule has 0 spiro atoms. The average Bonchev–Trinajstić information content (AvgIpc) is 3.00. The number of unbranched alkanes of at least 4 members (excludes halogenated alkanes) is 11. The van der Waals surface area contributed by atoms with Crippen molar-refractivity contribution >= 4 is 11.8 Å². The highest BCUT2D eigenvalue weighted by molar-refractivity contribution is 6.01. The lowest BCUT2D eigenvalue weighted by Crippen LogP contribution is -2.53. The third kappa shape index (κ3) is 8.30. The molecule has 0 aromatic carbocycles. The molecule has 1 aliphatic heterocycles. The smallest absolute Gasteiger partial charge is 0.378 e. The lowest BCUT2D eigenvalue weighted by atomic mass is 9.87. The van der Waals surface area contributed by atoms with Gasteiger partial charge in [0, 0.05) is 6.42 Å². The third-order valence-corrected chi connectivity index (χ3v) is 5.75. The standard InChI is InChI=1S/C24H40O7/c1-2-3-4-5-6-7-8-9-10-11-12-13-14-15-16-17-19(26)24(20(27)18-25)22(29)21(28)23(30)31-24/h9-10,20,25,27-29H,2-8,11-18H2,1H3/b10-9-/t20-,24+/m0/s1. The molecule has 7 heteroatoms. The Morgan fingerprint density at radius 3 is 1.94 bits per heavy atom. The fourth-order valence-corrected chi connectivity index (χ4v) is 3.79. The maximum atomic E-state index is 12.5. The number of carbonyl (C=O) groups is 2. The van der Waals surface area contributed by atoms with Crippen LogP contribution < -0.4 is 0 Å². The summed E-state index contributed by atoms with van der Waals surface area (Å²) in [7, 11) is 0. The van der Waals surface area contributed by atoms with E-state index >= 15 is 0 Å². The van der Waals surface area contributed by atoms with Crippen molar-refractivity contribution in [3.05, 3.63) is 23.7 Å². The van der Waals surface area contributed by atoms with Crippen molar-refractivity contribution < 1.29 is 34.8 Å². The van der Waals surface area contributed by atoms with Crippen LogP contribution in [-0.4, -0.2) is 50.5 Å². The molecular weight excluding hydrogens is 400 g/mol. The molecule has 1 aliphatic rings. The van der Waals surface area contributed by atoms with Crippen LogP contribution in [0.2, 0.25) is 0 Å². The fraction of sp³-hybridized carbons (Fsp3) is 0.750. The molecule has 0 saturated heterocycles. The van der Waals surface area contributed by atoms with Gasteiger partial charge in [0.2, 0.25) is 5.76 Å². The maximum Gasteiger partial charge on any atom is 0.378 e. The van der Waals surface area contributed by atoms with Gasteiger partial charge < -0.3 is 25.2 Å². The molecule has 0 unspecified atom stereocenters. The molecule has 7 nitrogen and oxygen atoms in total. The second-order valence-corrected chi connectivity index (χ2v) is 8.28. The summed E-state index contributed by atoms with van der Waals surface area (Å²) in [5, 5.41) is 38.6.